The molecule has 0 bridgehead atoms. The number of carboxylic acid groups (broad SMARTS) is 1. The highest BCUT2D eigenvalue weighted by Crippen LogP contribution is 2.29. The smallest absolute Gasteiger partial charge is 0.407 e. The van der Waals surface area contributed by atoms with E-state index in [1.807, 2.05) is 37.3 Å². The van der Waals surface area contributed by atoms with Crippen LogP contribution in [0.3, 0.4) is 0 Å². The van der Waals surface area contributed by atoms with Crippen LogP contribution in [0.15, 0.2) is 42.9 Å². The van der Waals surface area contributed by atoms with Crippen molar-refractivity contribution in [2.24, 2.45) is 0 Å². The number of nitrogens with zero attached hydrogens (tertiary/aromatic N) is 4. The van der Waals surface area contributed by atoms with Crippen molar-refractivity contribution < 1.29 is 9.90 Å². The summed E-state index contributed by atoms with van der Waals surface area (Å²) in [5, 5.41) is 9.18. The number of hydrogen-bond acceptors (Lipinski definition) is 4. The summed E-state index contributed by atoms with van der Waals surface area (Å²) in [6, 6.07) is 9.90. The molecule has 0 spiro atoms. The van der Waals surface area contributed by atoms with Crippen molar-refractivity contribution in [1.82, 2.24) is 14.9 Å². The van der Waals surface area contributed by atoms with Crippen LogP contribution in [0.25, 0.3) is 11.3 Å². The molecule has 1 aromatic heterocycles. The second kappa shape index (κ2) is 6.01. The minimum Gasteiger partial charge on any atom is -0.465 e. The van der Waals surface area contributed by atoms with Gasteiger partial charge in [-0.05, 0) is 6.92 Å². The fraction of sp³-hybridized carbons (Fsp3) is 0.312. The molecule has 1 aliphatic heterocycles. The van der Waals surface area contributed by atoms with Gasteiger partial charge >= 0.3 is 6.09 Å². The molecule has 1 saturated heterocycles. The second-order valence-electron chi connectivity index (χ2n) is 5.39. The Hall–Kier alpha value is -2.63. The lowest BCUT2D eigenvalue weighted by Crippen LogP contribution is -2.53. The molecular weight excluding hydrogens is 280 g/mol. The van der Waals surface area contributed by atoms with Crippen LogP contribution < -0.4 is 4.90 Å². The van der Waals surface area contributed by atoms with Crippen LogP contribution in [0.5, 0.6) is 0 Å². The maximum absolute atomic E-state index is 11.2. The topological polar surface area (TPSA) is 69.6 Å². The Labute approximate surface area is 129 Å². The van der Waals surface area contributed by atoms with Crippen molar-refractivity contribution in [3.63, 3.8) is 0 Å². The van der Waals surface area contributed by atoms with Crippen molar-refractivity contribution in [2.75, 3.05) is 24.5 Å². The van der Waals surface area contributed by atoms with Gasteiger partial charge in [-0.3, -0.25) is 0 Å². The quantitative estimate of drug-likeness (QED) is 0.921. The lowest BCUT2D eigenvalue weighted by Gasteiger charge is -2.39. The van der Waals surface area contributed by atoms with E-state index >= 15 is 0 Å². The average Bonchev–Trinajstić information content (AvgIpc) is 2.55. The molecule has 1 aliphatic rings. The molecule has 1 N–H and O–H groups in total. The van der Waals surface area contributed by atoms with Gasteiger partial charge in [0.2, 0.25) is 0 Å². The Morgan fingerprint density at radius 1 is 1.27 bits per heavy atom. The Morgan fingerprint density at radius 3 is 2.73 bits per heavy atom. The molecule has 1 aromatic carbocycles. The molecule has 2 heterocycles. The number of carbonyl (C=O) groups is 1. The summed E-state index contributed by atoms with van der Waals surface area (Å²) in [7, 11) is 0. The summed E-state index contributed by atoms with van der Waals surface area (Å²) in [5.74, 6) is 0. The number of amides is 1. The van der Waals surface area contributed by atoms with E-state index in [2.05, 4.69) is 14.9 Å². The van der Waals surface area contributed by atoms with Gasteiger partial charge in [-0.25, -0.2) is 14.8 Å². The molecule has 1 atom stereocenters. The van der Waals surface area contributed by atoms with E-state index in [0.717, 1.165) is 16.9 Å². The molecule has 1 amide bonds. The van der Waals surface area contributed by atoms with E-state index in [0.29, 0.717) is 19.6 Å². The zero-order valence-electron chi connectivity index (χ0n) is 12.4. The predicted octanol–water partition coefficient (Wildman–Crippen LogP) is 2.33. The normalized spacial score (nSPS) is 18.3. The van der Waals surface area contributed by atoms with Crippen molar-refractivity contribution in [3.05, 3.63) is 42.9 Å². The Kier molecular flexibility index (Phi) is 3.91. The Morgan fingerprint density at radius 2 is 2.05 bits per heavy atom. The van der Waals surface area contributed by atoms with Gasteiger partial charge in [0.05, 0.1) is 17.6 Å². The summed E-state index contributed by atoms with van der Waals surface area (Å²) in [5.41, 5.74) is 2.87. The first kappa shape index (κ1) is 14.3. The first-order chi connectivity index (χ1) is 10.7. The molecule has 0 aliphatic carbocycles. The van der Waals surface area contributed by atoms with E-state index in [1.54, 1.807) is 12.5 Å². The van der Waals surface area contributed by atoms with Crippen LogP contribution in [0.1, 0.15) is 6.92 Å². The van der Waals surface area contributed by atoms with Gasteiger partial charge in [0.15, 0.2) is 0 Å². The third-order valence-corrected chi connectivity index (χ3v) is 3.95. The van der Waals surface area contributed by atoms with E-state index in [1.165, 1.54) is 4.90 Å². The molecule has 22 heavy (non-hydrogen) atoms. The summed E-state index contributed by atoms with van der Waals surface area (Å²) in [6.45, 7) is 3.69. The lowest BCUT2D eigenvalue weighted by atomic mass is 10.1. The zero-order chi connectivity index (χ0) is 15.5. The fourth-order valence-electron chi connectivity index (χ4n) is 2.83. The summed E-state index contributed by atoms with van der Waals surface area (Å²) in [4.78, 5) is 23.4. The van der Waals surface area contributed by atoms with E-state index < -0.39 is 6.09 Å². The van der Waals surface area contributed by atoms with Crippen molar-refractivity contribution >= 4 is 11.8 Å². The number of benzene rings is 1. The second-order valence-corrected chi connectivity index (χ2v) is 5.39. The standard InChI is InChI=1S/C16H18N4O2/c1-12-10-19(7-8-20(12)16(21)22)14-9-17-11-18-15(14)13-5-3-2-4-6-13/h2-6,9,11-12H,7-8,10H2,1H3,(H,21,22)/t12-/m0/s1. The van der Waals surface area contributed by atoms with Crippen molar-refractivity contribution in [3.8, 4) is 11.3 Å². The minimum atomic E-state index is -0.861. The molecule has 0 saturated carbocycles. The molecule has 0 radical (unpaired) electrons. The molecular formula is C16H18N4O2. The van der Waals surface area contributed by atoms with Gasteiger partial charge in [0.1, 0.15) is 6.33 Å². The number of piperazine rings is 1. The van der Waals surface area contributed by atoms with Gasteiger partial charge in [-0.15, -0.1) is 0 Å². The Bertz CT molecular complexity index is 662. The predicted molar refractivity (Wildman–Crippen MR) is 83.9 cm³/mol. The molecule has 2 aromatic rings. The van der Waals surface area contributed by atoms with Gasteiger partial charge in [-0.1, -0.05) is 30.3 Å². The van der Waals surface area contributed by atoms with E-state index in [9.17, 15) is 9.90 Å². The van der Waals surface area contributed by atoms with Gasteiger partial charge in [-0.2, -0.15) is 0 Å². The molecule has 6 heteroatoms. The minimum absolute atomic E-state index is 0.0601. The van der Waals surface area contributed by atoms with Gasteiger partial charge < -0.3 is 14.9 Å². The summed E-state index contributed by atoms with van der Waals surface area (Å²) < 4.78 is 0. The average molecular weight is 298 g/mol. The van der Waals surface area contributed by atoms with Gasteiger partial charge in [0.25, 0.3) is 0 Å². The molecule has 114 valence electrons. The van der Waals surface area contributed by atoms with Crippen LogP contribution in [-0.2, 0) is 0 Å². The maximum Gasteiger partial charge on any atom is 0.407 e. The highest BCUT2D eigenvalue weighted by atomic mass is 16.4. The summed E-state index contributed by atoms with van der Waals surface area (Å²) >= 11 is 0. The number of rotatable bonds is 2. The Balaban J connectivity index is 1.89. The fourth-order valence-corrected chi connectivity index (χ4v) is 2.83. The molecule has 6 nitrogen and oxygen atoms in total. The van der Waals surface area contributed by atoms with Crippen LogP contribution >= 0.6 is 0 Å². The first-order valence-electron chi connectivity index (χ1n) is 7.26. The van der Waals surface area contributed by atoms with Crippen molar-refractivity contribution in [1.29, 1.82) is 0 Å². The summed E-state index contributed by atoms with van der Waals surface area (Å²) in [6.07, 6.45) is 2.49. The van der Waals surface area contributed by atoms with Crippen LogP contribution in [0, 0.1) is 0 Å². The van der Waals surface area contributed by atoms with E-state index in [4.69, 9.17) is 0 Å². The van der Waals surface area contributed by atoms with Crippen molar-refractivity contribution in [2.45, 2.75) is 13.0 Å². The zero-order valence-corrected chi connectivity index (χ0v) is 12.4. The highest BCUT2D eigenvalue weighted by Gasteiger charge is 2.28. The molecule has 1 fully saturated rings. The highest BCUT2D eigenvalue weighted by molar-refractivity contribution is 5.74. The third kappa shape index (κ3) is 2.72. The first-order valence-corrected chi connectivity index (χ1v) is 7.26. The SMILES string of the molecule is C[C@H]1CN(c2cncnc2-c2ccccc2)CCN1C(=O)O. The molecule has 0 unspecified atom stereocenters. The number of hydrogen-bond donors (Lipinski definition) is 1. The third-order valence-electron chi connectivity index (χ3n) is 3.95. The monoisotopic (exact) mass is 298 g/mol. The molecule has 3 rings (SSSR count). The van der Waals surface area contributed by atoms with Crippen LogP contribution in [-0.4, -0.2) is 51.7 Å². The largest absolute Gasteiger partial charge is 0.465 e. The van der Waals surface area contributed by atoms with Gasteiger partial charge in [0, 0.05) is 31.2 Å². The number of aromatic nitrogens is 2. The van der Waals surface area contributed by atoms with E-state index in [-0.39, 0.29) is 6.04 Å². The lowest BCUT2D eigenvalue weighted by molar-refractivity contribution is 0.123. The van der Waals surface area contributed by atoms with Crippen LogP contribution in [0.4, 0.5) is 10.5 Å². The maximum atomic E-state index is 11.2. The number of anilines is 1. The van der Waals surface area contributed by atoms with Crippen LogP contribution in [0.2, 0.25) is 0 Å².